The molecule has 0 fully saturated rings. The van der Waals surface area contributed by atoms with Crippen LogP contribution < -0.4 is 16.0 Å². The number of rotatable bonds is 2. The third kappa shape index (κ3) is 4.14. The van der Waals surface area contributed by atoms with E-state index in [1.165, 1.54) is 0 Å². The van der Waals surface area contributed by atoms with Crippen molar-refractivity contribution in [2.75, 3.05) is 35.3 Å². The standard InChI is InChI=1S/C21H24N6S/c1-23-16-9-7-15(8-10-16)19-14-25-21-26-17-5-4-6-18(13-17)28(22)12-3-2-11-24-20(19)27-21/h4-10,13-14,22-23H,2-3,11-12H2,1H3,(H2,24,25,26,27). The van der Waals surface area contributed by atoms with Crippen LogP contribution in [0, 0.1) is 4.78 Å². The normalized spacial score (nSPS) is 16.5. The Labute approximate surface area is 167 Å². The minimum absolute atomic E-state index is 0.491. The van der Waals surface area contributed by atoms with Gasteiger partial charge in [-0.25, -0.2) is 4.98 Å². The molecule has 2 heterocycles. The smallest absolute Gasteiger partial charge is 0.229 e. The Morgan fingerprint density at radius 2 is 1.96 bits per heavy atom. The van der Waals surface area contributed by atoms with Gasteiger partial charge in [-0.2, -0.15) is 4.98 Å². The molecular weight excluding hydrogens is 368 g/mol. The molecular formula is C21H24N6S. The van der Waals surface area contributed by atoms with E-state index in [0.29, 0.717) is 5.95 Å². The second-order valence-corrected chi connectivity index (χ2v) is 8.33. The van der Waals surface area contributed by atoms with Gasteiger partial charge in [0.25, 0.3) is 0 Å². The molecule has 0 aliphatic carbocycles. The van der Waals surface area contributed by atoms with Crippen molar-refractivity contribution >= 4 is 33.8 Å². The topological polar surface area (TPSA) is 85.7 Å². The quantitative estimate of drug-likeness (QED) is 0.500. The van der Waals surface area contributed by atoms with E-state index in [1.54, 1.807) is 0 Å². The average molecular weight is 393 g/mol. The zero-order valence-corrected chi connectivity index (χ0v) is 16.6. The molecule has 0 amide bonds. The Kier molecular flexibility index (Phi) is 5.53. The van der Waals surface area contributed by atoms with Gasteiger partial charge in [0.15, 0.2) is 0 Å². The van der Waals surface area contributed by atoms with Gasteiger partial charge in [0, 0.05) is 47.4 Å². The largest absolute Gasteiger partial charge is 0.388 e. The molecule has 0 spiro atoms. The summed E-state index contributed by atoms with van der Waals surface area (Å²) in [5, 5.41) is 9.91. The number of aromatic nitrogens is 2. The van der Waals surface area contributed by atoms with Gasteiger partial charge in [0.2, 0.25) is 5.95 Å². The molecule has 3 aromatic rings. The summed E-state index contributed by atoms with van der Waals surface area (Å²) in [5.41, 5.74) is 4.05. The first-order chi connectivity index (χ1) is 13.7. The van der Waals surface area contributed by atoms with E-state index in [-0.39, 0.29) is 0 Å². The first kappa shape index (κ1) is 18.4. The van der Waals surface area contributed by atoms with Gasteiger partial charge in [-0.05, 0) is 48.7 Å². The summed E-state index contributed by atoms with van der Waals surface area (Å²) in [5.74, 6) is 2.27. The lowest BCUT2D eigenvalue weighted by molar-refractivity contribution is 0.837. The summed E-state index contributed by atoms with van der Waals surface area (Å²) in [6.45, 7) is 0.826. The van der Waals surface area contributed by atoms with Crippen molar-refractivity contribution < 1.29 is 0 Å². The predicted molar refractivity (Wildman–Crippen MR) is 118 cm³/mol. The molecule has 0 radical (unpaired) electrons. The number of hydrogen-bond acceptors (Lipinski definition) is 6. The minimum atomic E-state index is -0.491. The third-order valence-electron chi connectivity index (χ3n) is 4.72. The van der Waals surface area contributed by atoms with E-state index in [1.807, 2.05) is 37.5 Å². The molecule has 2 aromatic carbocycles. The van der Waals surface area contributed by atoms with Crippen LogP contribution in [0.2, 0.25) is 0 Å². The number of fused-ring (bicyclic) bond motifs is 4. The highest BCUT2D eigenvalue weighted by Gasteiger charge is 2.11. The minimum Gasteiger partial charge on any atom is -0.388 e. The van der Waals surface area contributed by atoms with Crippen molar-refractivity contribution in [3.8, 4) is 11.1 Å². The zero-order chi connectivity index (χ0) is 19.3. The van der Waals surface area contributed by atoms with Crippen LogP contribution in [0.15, 0.2) is 59.6 Å². The third-order valence-corrected chi connectivity index (χ3v) is 6.24. The highest BCUT2D eigenvalue weighted by atomic mass is 32.2. The van der Waals surface area contributed by atoms with Crippen LogP contribution >= 0.6 is 0 Å². The summed E-state index contributed by atoms with van der Waals surface area (Å²) >= 11 is 0. The van der Waals surface area contributed by atoms with Crippen molar-refractivity contribution in [3.63, 3.8) is 0 Å². The summed E-state index contributed by atoms with van der Waals surface area (Å²) in [4.78, 5) is 10.3. The maximum absolute atomic E-state index is 8.42. The number of anilines is 4. The lowest BCUT2D eigenvalue weighted by Crippen LogP contribution is -2.08. The van der Waals surface area contributed by atoms with E-state index >= 15 is 0 Å². The van der Waals surface area contributed by atoms with Crippen molar-refractivity contribution in [2.24, 2.45) is 0 Å². The molecule has 1 atom stereocenters. The Morgan fingerprint density at radius 1 is 1.11 bits per heavy atom. The number of nitrogens with one attached hydrogen (secondary N) is 4. The molecule has 1 unspecified atom stereocenters. The molecule has 1 aliphatic heterocycles. The fourth-order valence-electron chi connectivity index (χ4n) is 3.16. The molecule has 4 N–H and O–H groups in total. The summed E-state index contributed by atoms with van der Waals surface area (Å²) in [7, 11) is 1.42. The molecule has 4 bridgehead atoms. The first-order valence-electron chi connectivity index (χ1n) is 9.41. The molecule has 1 aromatic heterocycles. The van der Waals surface area contributed by atoms with Crippen molar-refractivity contribution in [1.82, 2.24) is 9.97 Å². The van der Waals surface area contributed by atoms with E-state index < -0.39 is 10.7 Å². The van der Waals surface area contributed by atoms with Crippen LogP contribution in [0.25, 0.3) is 11.1 Å². The van der Waals surface area contributed by atoms with Gasteiger partial charge in [-0.1, -0.05) is 28.9 Å². The van der Waals surface area contributed by atoms with Gasteiger partial charge < -0.3 is 16.0 Å². The number of benzene rings is 2. The lowest BCUT2D eigenvalue weighted by atomic mass is 10.1. The fourth-order valence-corrected chi connectivity index (χ4v) is 4.40. The Balaban J connectivity index is 1.70. The fraction of sp³-hybridized carbons (Fsp3) is 0.238. The number of hydrogen-bond donors (Lipinski definition) is 4. The summed E-state index contributed by atoms with van der Waals surface area (Å²) in [6, 6.07) is 16.3. The van der Waals surface area contributed by atoms with Gasteiger partial charge in [0.1, 0.15) is 5.82 Å². The van der Waals surface area contributed by atoms with Crippen LogP contribution in [-0.4, -0.2) is 29.3 Å². The second kappa shape index (κ2) is 8.39. The highest BCUT2D eigenvalue weighted by Crippen LogP contribution is 2.29. The predicted octanol–water partition coefficient (Wildman–Crippen LogP) is 4.87. The molecule has 1 aliphatic rings. The highest BCUT2D eigenvalue weighted by molar-refractivity contribution is 7.86. The van der Waals surface area contributed by atoms with Crippen LogP contribution in [0.5, 0.6) is 0 Å². The number of nitrogens with zero attached hydrogens (tertiary/aromatic N) is 2. The van der Waals surface area contributed by atoms with Crippen molar-refractivity contribution in [1.29, 1.82) is 4.78 Å². The van der Waals surface area contributed by atoms with Gasteiger partial charge in [-0.3, -0.25) is 4.78 Å². The van der Waals surface area contributed by atoms with Crippen molar-refractivity contribution in [2.45, 2.75) is 17.7 Å². The molecule has 144 valence electrons. The average Bonchev–Trinajstić information content (AvgIpc) is 2.74. The maximum Gasteiger partial charge on any atom is 0.229 e. The van der Waals surface area contributed by atoms with E-state index in [9.17, 15) is 0 Å². The molecule has 4 rings (SSSR count). The van der Waals surface area contributed by atoms with Crippen LogP contribution in [0.1, 0.15) is 12.8 Å². The zero-order valence-electron chi connectivity index (χ0n) is 15.8. The second-order valence-electron chi connectivity index (χ2n) is 6.66. The Bertz CT molecular complexity index is 986. The van der Waals surface area contributed by atoms with Gasteiger partial charge in [0.05, 0.1) is 0 Å². The SMILES string of the molecule is CNc1ccc(-c2cnc3nc2NCCCCS(=N)c2cccc(c2)N3)cc1. The van der Waals surface area contributed by atoms with Crippen LogP contribution in [0.3, 0.4) is 0 Å². The molecule has 0 saturated heterocycles. The molecule has 28 heavy (non-hydrogen) atoms. The molecule has 0 saturated carbocycles. The van der Waals surface area contributed by atoms with Gasteiger partial charge >= 0.3 is 0 Å². The Morgan fingerprint density at radius 3 is 2.79 bits per heavy atom. The Hall–Kier alpha value is -2.93. The molecule has 6 nitrogen and oxygen atoms in total. The van der Waals surface area contributed by atoms with Crippen LogP contribution in [0.4, 0.5) is 23.1 Å². The van der Waals surface area contributed by atoms with E-state index in [2.05, 4.69) is 45.2 Å². The van der Waals surface area contributed by atoms with Gasteiger partial charge in [-0.15, -0.1) is 0 Å². The van der Waals surface area contributed by atoms with E-state index in [0.717, 1.165) is 58.4 Å². The van der Waals surface area contributed by atoms with E-state index in [4.69, 9.17) is 9.76 Å². The molecule has 7 heteroatoms. The summed E-state index contributed by atoms with van der Waals surface area (Å²) < 4.78 is 8.42. The summed E-state index contributed by atoms with van der Waals surface area (Å²) in [6.07, 6.45) is 3.89. The lowest BCUT2D eigenvalue weighted by Gasteiger charge is -2.13. The monoisotopic (exact) mass is 392 g/mol. The first-order valence-corrected chi connectivity index (χ1v) is 10.8. The van der Waals surface area contributed by atoms with Crippen LogP contribution in [-0.2, 0) is 10.7 Å². The van der Waals surface area contributed by atoms with Crippen molar-refractivity contribution in [3.05, 3.63) is 54.7 Å². The maximum atomic E-state index is 8.42.